The molecule has 3 nitrogen and oxygen atoms in total. The molecule has 1 N–H and O–H groups in total. The van der Waals surface area contributed by atoms with Crippen LogP contribution in [0.15, 0.2) is 0 Å². The number of nitrogens with one attached hydrogen (secondary N) is 1. The van der Waals surface area contributed by atoms with E-state index < -0.39 is 0 Å². The smallest absolute Gasteiger partial charge is 0.0700 e. The van der Waals surface area contributed by atoms with Crippen LogP contribution in [0.4, 0.5) is 0 Å². The minimum Gasteiger partial charge on any atom is -0.382 e. The molecule has 1 unspecified atom stereocenters. The van der Waals surface area contributed by atoms with E-state index in [2.05, 4.69) is 5.32 Å². The highest BCUT2D eigenvalue weighted by Gasteiger charge is 2.23. The topological polar surface area (TPSA) is 30.5 Å². The number of ether oxygens (including phenoxy) is 2. The SMILES string of the molecule is CNCC(CCOCCOC)C1CCCC1. The highest BCUT2D eigenvalue weighted by Crippen LogP contribution is 2.32. The molecule has 1 aliphatic rings. The molecule has 1 atom stereocenters. The van der Waals surface area contributed by atoms with E-state index in [4.69, 9.17) is 9.47 Å². The molecule has 1 fully saturated rings. The van der Waals surface area contributed by atoms with Crippen molar-refractivity contribution in [3.05, 3.63) is 0 Å². The Bertz CT molecular complexity index is 158. The Kier molecular flexibility index (Phi) is 7.81. The van der Waals surface area contributed by atoms with E-state index in [0.717, 1.165) is 31.6 Å². The van der Waals surface area contributed by atoms with Crippen LogP contribution in [0.1, 0.15) is 32.1 Å². The van der Waals surface area contributed by atoms with Crippen LogP contribution in [0.5, 0.6) is 0 Å². The lowest BCUT2D eigenvalue weighted by Gasteiger charge is -2.23. The minimum absolute atomic E-state index is 0.708. The van der Waals surface area contributed by atoms with Crippen molar-refractivity contribution in [2.75, 3.05) is 40.5 Å². The molecule has 0 amide bonds. The lowest BCUT2D eigenvalue weighted by Crippen LogP contribution is -2.26. The largest absolute Gasteiger partial charge is 0.382 e. The van der Waals surface area contributed by atoms with E-state index in [1.165, 1.54) is 32.1 Å². The summed E-state index contributed by atoms with van der Waals surface area (Å²) in [6.45, 7) is 3.46. The molecule has 1 aliphatic carbocycles. The second-order valence-corrected chi connectivity index (χ2v) is 4.76. The van der Waals surface area contributed by atoms with Crippen molar-refractivity contribution < 1.29 is 9.47 Å². The highest BCUT2D eigenvalue weighted by molar-refractivity contribution is 4.76. The molecule has 0 aromatic heterocycles. The fourth-order valence-electron chi connectivity index (χ4n) is 2.67. The molecule has 1 rings (SSSR count). The van der Waals surface area contributed by atoms with Crippen LogP contribution < -0.4 is 5.32 Å². The Morgan fingerprint density at radius 2 is 1.94 bits per heavy atom. The van der Waals surface area contributed by atoms with Crippen molar-refractivity contribution >= 4 is 0 Å². The van der Waals surface area contributed by atoms with Crippen molar-refractivity contribution in [1.29, 1.82) is 0 Å². The normalized spacial score (nSPS) is 19.1. The summed E-state index contributed by atoms with van der Waals surface area (Å²) in [6, 6.07) is 0. The summed E-state index contributed by atoms with van der Waals surface area (Å²) < 4.78 is 10.5. The molecule has 0 bridgehead atoms. The van der Waals surface area contributed by atoms with Gasteiger partial charge in [-0.25, -0.2) is 0 Å². The van der Waals surface area contributed by atoms with Crippen molar-refractivity contribution in [1.82, 2.24) is 5.32 Å². The van der Waals surface area contributed by atoms with Gasteiger partial charge >= 0.3 is 0 Å². The molecule has 0 aliphatic heterocycles. The van der Waals surface area contributed by atoms with E-state index >= 15 is 0 Å². The molecule has 0 heterocycles. The van der Waals surface area contributed by atoms with Crippen LogP contribution in [0.2, 0.25) is 0 Å². The molecule has 3 heteroatoms. The standard InChI is InChI=1S/C13H27NO2/c1-14-11-13(12-5-3-4-6-12)7-8-16-10-9-15-2/h12-14H,3-11H2,1-2H3. The van der Waals surface area contributed by atoms with Gasteiger partial charge in [-0.05, 0) is 31.8 Å². The molecule has 0 aromatic carbocycles. The maximum absolute atomic E-state index is 5.56. The van der Waals surface area contributed by atoms with Gasteiger partial charge in [0.1, 0.15) is 0 Å². The Morgan fingerprint density at radius 1 is 1.19 bits per heavy atom. The first-order valence-corrected chi connectivity index (χ1v) is 6.59. The third kappa shape index (κ3) is 5.28. The van der Waals surface area contributed by atoms with Crippen LogP contribution >= 0.6 is 0 Å². The molecular weight excluding hydrogens is 202 g/mol. The maximum Gasteiger partial charge on any atom is 0.0700 e. The Hall–Kier alpha value is -0.120. The third-order valence-electron chi connectivity index (χ3n) is 3.60. The molecule has 0 saturated heterocycles. The monoisotopic (exact) mass is 229 g/mol. The fourth-order valence-corrected chi connectivity index (χ4v) is 2.67. The Balaban J connectivity index is 2.12. The molecule has 0 spiro atoms. The lowest BCUT2D eigenvalue weighted by atomic mass is 9.88. The van der Waals surface area contributed by atoms with E-state index in [1.807, 2.05) is 7.05 Å². The maximum atomic E-state index is 5.56. The van der Waals surface area contributed by atoms with Crippen LogP contribution in [0, 0.1) is 11.8 Å². The van der Waals surface area contributed by atoms with Gasteiger partial charge in [0.25, 0.3) is 0 Å². The molecular formula is C13H27NO2. The van der Waals surface area contributed by atoms with Gasteiger partial charge in [-0.3, -0.25) is 0 Å². The highest BCUT2D eigenvalue weighted by atomic mass is 16.5. The van der Waals surface area contributed by atoms with Crippen molar-refractivity contribution in [2.24, 2.45) is 11.8 Å². The van der Waals surface area contributed by atoms with Gasteiger partial charge < -0.3 is 14.8 Å². The summed E-state index contributed by atoms with van der Waals surface area (Å²) in [5, 5.41) is 3.32. The second-order valence-electron chi connectivity index (χ2n) is 4.76. The Labute approximate surface area is 99.9 Å². The summed E-state index contributed by atoms with van der Waals surface area (Å²) in [6.07, 6.45) is 6.88. The molecule has 1 saturated carbocycles. The van der Waals surface area contributed by atoms with Gasteiger partial charge in [-0.15, -0.1) is 0 Å². The molecule has 0 aromatic rings. The summed E-state index contributed by atoms with van der Waals surface area (Å²) >= 11 is 0. The zero-order valence-electron chi connectivity index (χ0n) is 10.8. The average molecular weight is 229 g/mol. The second kappa shape index (κ2) is 8.97. The fraction of sp³-hybridized carbons (Fsp3) is 1.00. The van der Waals surface area contributed by atoms with E-state index in [-0.39, 0.29) is 0 Å². The van der Waals surface area contributed by atoms with Gasteiger partial charge in [-0.2, -0.15) is 0 Å². The van der Waals surface area contributed by atoms with Gasteiger partial charge in [-0.1, -0.05) is 25.7 Å². The van der Waals surface area contributed by atoms with Crippen LogP contribution in [0.3, 0.4) is 0 Å². The number of hydrogen-bond acceptors (Lipinski definition) is 3. The van der Waals surface area contributed by atoms with Crippen LogP contribution in [0.25, 0.3) is 0 Å². The first kappa shape index (κ1) is 13.9. The molecule has 16 heavy (non-hydrogen) atoms. The lowest BCUT2D eigenvalue weighted by molar-refractivity contribution is 0.0597. The average Bonchev–Trinajstić information content (AvgIpc) is 2.81. The van der Waals surface area contributed by atoms with Crippen molar-refractivity contribution in [3.8, 4) is 0 Å². The van der Waals surface area contributed by atoms with Gasteiger partial charge in [0.2, 0.25) is 0 Å². The summed E-state index contributed by atoms with van der Waals surface area (Å²) in [5.74, 6) is 1.73. The van der Waals surface area contributed by atoms with Gasteiger partial charge in [0.05, 0.1) is 13.2 Å². The van der Waals surface area contributed by atoms with Gasteiger partial charge in [0, 0.05) is 13.7 Å². The predicted octanol–water partition coefficient (Wildman–Crippen LogP) is 2.07. The third-order valence-corrected chi connectivity index (χ3v) is 3.60. The predicted molar refractivity (Wildman–Crippen MR) is 66.7 cm³/mol. The van der Waals surface area contributed by atoms with E-state index in [1.54, 1.807) is 7.11 Å². The van der Waals surface area contributed by atoms with Gasteiger partial charge in [0.15, 0.2) is 0 Å². The number of methoxy groups -OCH3 is 1. The minimum atomic E-state index is 0.708. The van der Waals surface area contributed by atoms with E-state index in [9.17, 15) is 0 Å². The summed E-state index contributed by atoms with van der Waals surface area (Å²) in [4.78, 5) is 0. The zero-order chi connectivity index (χ0) is 11.6. The Morgan fingerprint density at radius 3 is 2.56 bits per heavy atom. The van der Waals surface area contributed by atoms with Crippen molar-refractivity contribution in [2.45, 2.75) is 32.1 Å². The summed E-state index contributed by atoms with van der Waals surface area (Å²) in [7, 11) is 3.76. The van der Waals surface area contributed by atoms with Crippen LogP contribution in [-0.4, -0.2) is 40.5 Å². The van der Waals surface area contributed by atoms with Crippen LogP contribution in [-0.2, 0) is 9.47 Å². The quantitative estimate of drug-likeness (QED) is 0.614. The number of rotatable bonds is 9. The molecule has 0 radical (unpaired) electrons. The van der Waals surface area contributed by atoms with E-state index in [0.29, 0.717) is 6.61 Å². The first-order chi connectivity index (χ1) is 7.88. The summed E-state index contributed by atoms with van der Waals surface area (Å²) in [5.41, 5.74) is 0. The first-order valence-electron chi connectivity index (χ1n) is 6.59. The zero-order valence-corrected chi connectivity index (χ0v) is 10.8. The molecule has 96 valence electrons. The van der Waals surface area contributed by atoms with Crippen molar-refractivity contribution in [3.63, 3.8) is 0 Å². The number of hydrogen-bond donors (Lipinski definition) is 1.